The van der Waals surface area contributed by atoms with Gasteiger partial charge in [-0.3, -0.25) is 0 Å². The molecule has 0 aromatic heterocycles. The van der Waals surface area contributed by atoms with Gasteiger partial charge in [-0.05, 0) is 49.9 Å². The topological polar surface area (TPSA) is 94.6 Å². The predicted molar refractivity (Wildman–Crippen MR) is 108 cm³/mol. The SMILES string of the molecule is CCOC(=O)C1=C(C)OC(N)=C(C#N)C1c1ccc(F)cc1COC1CCCCC1. The van der Waals surface area contributed by atoms with Crippen LogP contribution in [0.5, 0.6) is 0 Å². The Kier molecular flexibility index (Phi) is 7.11. The third kappa shape index (κ3) is 4.65. The van der Waals surface area contributed by atoms with Crippen molar-refractivity contribution in [3.63, 3.8) is 0 Å². The lowest BCUT2D eigenvalue weighted by molar-refractivity contribution is -0.139. The van der Waals surface area contributed by atoms with Crippen LogP contribution >= 0.6 is 0 Å². The first-order valence-corrected chi connectivity index (χ1v) is 10.3. The molecule has 1 heterocycles. The lowest BCUT2D eigenvalue weighted by Gasteiger charge is -2.29. The highest BCUT2D eigenvalue weighted by molar-refractivity contribution is 5.92. The normalized spacial score (nSPS) is 20.0. The molecule has 3 rings (SSSR count). The number of carbonyl (C=O) groups excluding carboxylic acids is 1. The molecule has 1 aliphatic heterocycles. The van der Waals surface area contributed by atoms with Crippen LogP contribution in [0.4, 0.5) is 4.39 Å². The van der Waals surface area contributed by atoms with Gasteiger partial charge in [0.15, 0.2) is 0 Å². The number of nitrogens with zero attached hydrogens (tertiary/aromatic N) is 1. The Morgan fingerprint density at radius 1 is 1.33 bits per heavy atom. The van der Waals surface area contributed by atoms with Gasteiger partial charge < -0.3 is 19.9 Å². The Morgan fingerprint density at radius 3 is 2.73 bits per heavy atom. The highest BCUT2D eigenvalue weighted by Crippen LogP contribution is 2.41. The van der Waals surface area contributed by atoms with E-state index < -0.39 is 17.7 Å². The van der Waals surface area contributed by atoms with Crippen LogP contribution in [0.2, 0.25) is 0 Å². The number of nitriles is 1. The van der Waals surface area contributed by atoms with E-state index in [4.69, 9.17) is 19.9 Å². The van der Waals surface area contributed by atoms with E-state index in [-0.39, 0.29) is 42.1 Å². The Bertz CT molecular complexity index is 910. The minimum absolute atomic E-state index is 0.0727. The Morgan fingerprint density at radius 2 is 2.07 bits per heavy atom. The first-order chi connectivity index (χ1) is 14.5. The van der Waals surface area contributed by atoms with Gasteiger partial charge >= 0.3 is 5.97 Å². The summed E-state index contributed by atoms with van der Waals surface area (Å²) in [7, 11) is 0. The third-order valence-corrected chi connectivity index (χ3v) is 5.54. The first kappa shape index (κ1) is 21.8. The van der Waals surface area contributed by atoms with E-state index in [0.717, 1.165) is 25.7 Å². The van der Waals surface area contributed by atoms with Gasteiger partial charge in [0.05, 0.1) is 30.8 Å². The molecule has 0 saturated heterocycles. The number of hydrogen-bond acceptors (Lipinski definition) is 6. The van der Waals surface area contributed by atoms with Crippen molar-refractivity contribution >= 4 is 5.97 Å². The minimum atomic E-state index is -0.812. The largest absolute Gasteiger partial charge is 0.463 e. The first-order valence-electron chi connectivity index (χ1n) is 10.3. The second-order valence-corrected chi connectivity index (χ2v) is 7.53. The highest BCUT2D eigenvalue weighted by atomic mass is 19.1. The van der Waals surface area contributed by atoms with Gasteiger partial charge in [0.2, 0.25) is 5.88 Å². The zero-order valence-corrected chi connectivity index (χ0v) is 17.4. The summed E-state index contributed by atoms with van der Waals surface area (Å²) in [6, 6.07) is 6.31. The molecule has 160 valence electrons. The van der Waals surface area contributed by atoms with Crippen molar-refractivity contribution in [1.29, 1.82) is 5.26 Å². The minimum Gasteiger partial charge on any atom is -0.463 e. The highest BCUT2D eigenvalue weighted by Gasteiger charge is 2.37. The van der Waals surface area contributed by atoms with E-state index in [0.29, 0.717) is 11.1 Å². The molecule has 7 heteroatoms. The van der Waals surface area contributed by atoms with Crippen molar-refractivity contribution in [2.75, 3.05) is 6.61 Å². The van der Waals surface area contributed by atoms with Gasteiger partial charge in [0.1, 0.15) is 23.2 Å². The van der Waals surface area contributed by atoms with Gasteiger partial charge in [-0.25, -0.2) is 9.18 Å². The van der Waals surface area contributed by atoms with Gasteiger partial charge in [-0.15, -0.1) is 0 Å². The fourth-order valence-corrected chi connectivity index (χ4v) is 4.09. The van der Waals surface area contributed by atoms with E-state index >= 15 is 0 Å². The molecule has 0 amide bonds. The van der Waals surface area contributed by atoms with E-state index in [9.17, 15) is 14.4 Å². The molecule has 1 aromatic rings. The van der Waals surface area contributed by atoms with Crippen molar-refractivity contribution in [2.24, 2.45) is 5.73 Å². The molecule has 1 saturated carbocycles. The standard InChI is InChI=1S/C23H27FN2O4/c1-3-28-23(27)20-14(2)30-22(26)19(12-25)21(20)18-10-9-16(24)11-15(18)13-29-17-7-5-4-6-8-17/h9-11,17,21H,3-8,13,26H2,1-2H3. The maximum Gasteiger partial charge on any atom is 0.338 e. The van der Waals surface area contributed by atoms with Crippen molar-refractivity contribution in [3.8, 4) is 6.07 Å². The van der Waals surface area contributed by atoms with Crippen LogP contribution < -0.4 is 5.73 Å². The lowest BCUT2D eigenvalue weighted by Crippen LogP contribution is -2.26. The molecular formula is C23H27FN2O4. The van der Waals surface area contributed by atoms with Crippen molar-refractivity contribution in [3.05, 3.63) is 57.9 Å². The Balaban J connectivity index is 2.02. The van der Waals surface area contributed by atoms with Gasteiger partial charge in [-0.1, -0.05) is 25.3 Å². The van der Waals surface area contributed by atoms with Gasteiger partial charge in [0.25, 0.3) is 0 Å². The van der Waals surface area contributed by atoms with Gasteiger partial charge in [-0.2, -0.15) is 5.26 Å². The van der Waals surface area contributed by atoms with E-state index in [1.165, 1.54) is 18.6 Å². The molecular weight excluding hydrogens is 387 g/mol. The van der Waals surface area contributed by atoms with Crippen molar-refractivity contribution in [2.45, 2.75) is 64.6 Å². The van der Waals surface area contributed by atoms with Crippen molar-refractivity contribution < 1.29 is 23.4 Å². The third-order valence-electron chi connectivity index (χ3n) is 5.54. The Labute approximate surface area is 176 Å². The van der Waals surface area contributed by atoms with Crippen LogP contribution in [-0.4, -0.2) is 18.7 Å². The molecule has 1 aliphatic carbocycles. The van der Waals surface area contributed by atoms with Crippen LogP contribution in [0.15, 0.2) is 41.0 Å². The summed E-state index contributed by atoms with van der Waals surface area (Å²) in [6.07, 6.45) is 5.52. The summed E-state index contributed by atoms with van der Waals surface area (Å²) in [5, 5.41) is 9.74. The average molecular weight is 414 g/mol. The molecule has 1 aromatic carbocycles. The summed E-state index contributed by atoms with van der Waals surface area (Å²) in [6.45, 7) is 3.65. The number of rotatable bonds is 6. The fraction of sp³-hybridized carbons (Fsp3) is 0.478. The van der Waals surface area contributed by atoms with Gasteiger partial charge in [0, 0.05) is 0 Å². The molecule has 2 aliphatic rings. The Hall–Kier alpha value is -2.85. The summed E-state index contributed by atoms with van der Waals surface area (Å²) < 4.78 is 30.8. The molecule has 30 heavy (non-hydrogen) atoms. The van der Waals surface area contributed by atoms with Crippen LogP contribution in [0.1, 0.15) is 63.0 Å². The molecule has 0 bridgehead atoms. The maximum atomic E-state index is 14.1. The van der Waals surface area contributed by atoms with E-state index in [1.807, 2.05) is 0 Å². The maximum absolute atomic E-state index is 14.1. The lowest BCUT2D eigenvalue weighted by atomic mass is 9.81. The molecule has 0 spiro atoms. The number of ether oxygens (including phenoxy) is 3. The number of esters is 1. The summed E-state index contributed by atoms with van der Waals surface area (Å²) in [4.78, 5) is 12.7. The zero-order chi connectivity index (χ0) is 21.7. The fourth-order valence-electron chi connectivity index (χ4n) is 4.09. The van der Waals surface area contributed by atoms with Crippen molar-refractivity contribution in [1.82, 2.24) is 0 Å². The number of benzene rings is 1. The zero-order valence-electron chi connectivity index (χ0n) is 17.4. The van der Waals surface area contributed by atoms with Crippen LogP contribution in [0.25, 0.3) is 0 Å². The molecule has 1 atom stereocenters. The van der Waals surface area contributed by atoms with Crippen LogP contribution in [-0.2, 0) is 25.6 Å². The number of nitrogens with two attached hydrogens (primary N) is 1. The quantitative estimate of drug-likeness (QED) is 0.697. The summed E-state index contributed by atoms with van der Waals surface area (Å²) >= 11 is 0. The predicted octanol–water partition coefficient (Wildman–Crippen LogP) is 4.32. The second kappa shape index (κ2) is 9.77. The number of carbonyl (C=O) groups is 1. The molecule has 0 radical (unpaired) electrons. The molecule has 1 fully saturated rings. The summed E-state index contributed by atoms with van der Waals surface area (Å²) in [5.74, 6) is -1.63. The molecule has 1 unspecified atom stereocenters. The number of allylic oxidation sites excluding steroid dienone is 2. The molecule has 6 nitrogen and oxygen atoms in total. The van der Waals surface area contributed by atoms with Crippen LogP contribution in [0, 0.1) is 17.1 Å². The van der Waals surface area contributed by atoms with E-state index in [2.05, 4.69) is 6.07 Å². The second-order valence-electron chi connectivity index (χ2n) is 7.53. The smallest absolute Gasteiger partial charge is 0.338 e. The molecule has 2 N–H and O–H groups in total. The summed E-state index contributed by atoms with van der Waals surface area (Å²) in [5.41, 5.74) is 7.39. The number of hydrogen-bond donors (Lipinski definition) is 1. The van der Waals surface area contributed by atoms with E-state index in [1.54, 1.807) is 19.9 Å². The number of halogens is 1. The average Bonchev–Trinajstić information content (AvgIpc) is 2.73. The monoisotopic (exact) mass is 414 g/mol. The van der Waals surface area contributed by atoms with Crippen LogP contribution in [0.3, 0.4) is 0 Å².